The molecule has 6 nitrogen and oxygen atoms in total. The zero-order valence-corrected chi connectivity index (χ0v) is 17.5. The molecule has 2 aliphatic rings. The third-order valence-electron chi connectivity index (χ3n) is 6.33. The Labute approximate surface area is 181 Å². The molecule has 164 valence electrons. The van der Waals surface area contributed by atoms with E-state index in [0.29, 0.717) is 32.0 Å². The summed E-state index contributed by atoms with van der Waals surface area (Å²) in [5.41, 5.74) is 1.40. The fraction of sp³-hybridized carbons (Fsp3) is 0.417. The van der Waals surface area contributed by atoms with E-state index in [1.165, 1.54) is 17.7 Å². The molecule has 2 amide bonds. The number of halogens is 1. The molecule has 2 N–H and O–H groups in total. The summed E-state index contributed by atoms with van der Waals surface area (Å²) in [4.78, 5) is 29.2. The number of piperidine rings is 1. The van der Waals surface area contributed by atoms with Gasteiger partial charge in [0.25, 0.3) is 0 Å². The van der Waals surface area contributed by atoms with Crippen molar-refractivity contribution < 1.29 is 19.1 Å². The van der Waals surface area contributed by atoms with Crippen LogP contribution in [0.1, 0.15) is 30.7 Å². The monoisotopic (exact) mass is 425 g/mol. The number of phenols is 1. The summed E-state index contributed by atoms with van der Waals surface area (Å²) in [6.07, 6.45) is 2.58. The van der Waals surface area contributed by atoms with Gasteiger partial charge in [-0.3, -0.25) is 14.5 Å². The molecule has 2 heterocycles. The Morgan fingerprint density at radius 1 is 1.03 bits per heavy atom. The first-order valence-electron chi connectivity index (χ1n) is 10.8. The maximum Gasteiger partial charge on any atom is 0.236 e. The first kappa shape index (κ1) is 21.3. The van der Waals surface area contributed by atoms with Crippen molar-refractivity contribution in [2.75, 3.05) is 38.0 Å². The third kappa shape index (κ3) is 5.22. The summed E-state index contributed by atoms with van der Waals surface area (Å²) in [5, 5.41) is 11.9. The second-order valence-corrected chi connectivity index (χ2v) is 8.44. The number of amides is 2. The highest BCUT2D eigenvalue weighted by Crippen LogP contribution is 2.28. The lowest BCUT2D eigenvalue weighted by Gasteiger charge is -2.33. The van der Waals surface area contributed by atoms with Gasteiger partial charge in [-0.05, 0) is 49.4 Å². The molecule has 7 heteroatoms. The number of likely N-dealkylation sites (tertiary alicyclic amines) is 2. The number of nitrogens with zero attached hydrogens (tertiary/aromatic N) is 2. The summed E-state index contributed by atoms with van der Waals surface area (Å²) in [5.74, 6) is -0.790. The zero-order valence-electron chi connectivity index (χ0n) is 17.5. The van der Waals surface area contributed by atoms with Crippen LogP contribution in [0.2, 0.25) is 0 Å². The lowest BCUT2D eigenvalue weighted by molar-refractivity contribution is -0.133. The molecule has 2 aliphatic heterocycles. The number of hydrogen-bond acceptors (Lipinski definition) is 4. The number of phenolic OH excluding ortho intramolecular Hbond substituents is 1. The molecule has 2 saturated heterocycles. The van der Waals surface area contributed by atoms with Crippen LogP contribution in [0.15, 0.2) is 48.5 Å². The van der Waals surface area contributed by atoms with Gasteiger partial charge in [0.15, 0.2) is 0 Å². The molecule has 2 fully saturated rings. The van der Waals surface area contributed by atoms with Crippen LogP contribution >= 0.6 is 0 Å². The van der Waals surface area contributed by atoms with Gasteiger partial charge in [0, 0.05) is 25.7 Å². The van der Waals surface area contributed by atoms with Gasteiger partial charge in [0.1, 0.15) is 11.6 Å². The van der Waals surface area contributed by atoms with E-state index < -0.39 is 5.82 Å². The van der Waals surface area contributed by atoms with Crippen molar-refractivity contribution in [3.05, 3.63) is 59.9 Å². The normalized spacial score (nSPS) is 20.0. The predicted octanol–water partition coefficient (Wildman–Crippen LogP) is 3.20. The van der Waals surface area contributed by atoms with Gasteiger partial charge in [-0.15, -0.1) is 0 Å². The van der Waals surface area contributed by atoms with Crippen molar-refractivity contribution in [2.45, 2.75) is 25.2 Å². The van der Waals surface area contributed by atoms with E-state index in [2.05, 4.69) is 29.6 Å². The molecule has 4 rings (SSSR count). The maximum absolute atomic E-state index is 13.9. The number of benzene rings is 2. The van der Waals surface area contributed by atoms with E-state index in [4.69, 9.17) is 0 Å². The average molecular weight is 426 g/mol. The van der Waals surface area contributed by atoms with E-state index in [1.807, 2.05) is 15.9 Å². The lowest BCUT2D eigenvalue weighted by atomic mass is 9.89. The highest BCUT2D eigenvalue weighted by atomic mass is 19.1. The van der Waals surface area contributed by atoms with E-state index in [-0.39, 0.29) is 29.2 Å². The van der Waals surface area contributed by atoms with Crippen LogP contribution in [-0.2, 0) is 9.59 Å². The SMILES string of the molecule is O=C(Nc1ccc(O)cc1F)C1CCN(CC(=O)N2CCC(c3ccccc3)CC2)C1. The molecule has 0 bridgehead atoms. The second kappa shape index (κ2) is 9.47. The second-order valence-electron chi connectivity index (χ2n) is 8.44. The summed E-state index contributed by atoms with van der Waals surface area (Å²) < 4.78 is 13.9. The minimum absolute atomic E-state index is 0.0543. The van der Waals surface area contributed by atoms with Crippen LogP contribution in [0.25, 0.3) is 0 Å². The Kier molecular flexibility index (Phi) is 6.51. The fourth-order valence-corrected chi connectivity index (χ4v) is 4.51. The molecule has 2 aromatic rings. The Morgan fingerprint density at radius 3 is 2.48 bits per heavy atom. The van der Waals surface area contributed by atoms with E-state index in [1.54, 1.807) is 0 Å². The van der Waals surface area contributed by atoms with Crippen LogP contribution in [0.4, 0.5) is 10.1 Å². The Hall–Kier alpha value is -2.93. The zero-order chi connectivity index (χ0) is 21.8. The third-order valence-corrected chi connectivity index (χ3v) is 6.33. The molecule has 0 aromatic heterocycles. The van der Waals surface area contributed by atoms with Crippen LogP contribution in [0.5, 0.6) is 5.75 Å². The van der Waals surface area contributed by atoms with Gasteiger partial charge < -0.3 is 15.3 Å². The van der Waals surface area contributed by atoms with Crippen LogP contribution in [0.3, 0.4) is 0 Å². The molecule has 0 spiro atoms. The topological polar surface area (TPSA) is 72.9 Å². The standard InChI is InChI=1S/C24H28FN3O3/c25-21-14-20(29)6-7-22(21)26-24(31)19-8-11-27(15-19)16-23(30)28-12-9-18(10-13-28)17-4-2-1-3-5-17/h1-7,14,18-19,29H,8-13,15-16H2,(H,26,31). The van der Waals surface area contributed by atoms with Crippen molar-refractivity contribution in [1.29, 1.82) is 0 Å². The first-order chi connectivity index (χ1) is 15.0. The molecule has 0 saturated carbocycles. The summed E-state index contributed by atoms with van der Waals surface area (Å²) in [7, 11) is 0. The highest BCUT2D eigenvalue weighted by Gasteiger charge is 2.31. The quantitative estimate of drug-likeness (QED) is 0.722. The van der Waals surface area contributed by atoms with E-state index >= 15 is 0 Å². The Balaban J connectivity index is 1.23. The molecule has 1 unspecified atom stereocenters. The molecular formula is C24H28FN3O3. The number of carbonyl (C=O) groups excluding carboxylic acids is 2. The number of anilines is 1. The van der Waals surface area contributed by atoms with Crippen molar-refractivity contribution in [1.82, 2.24) is 9.80 Å². The van der Waals surface area contributed by atoms with Crippen LogP contribution in [-0.4, -0.2) is 59.4 Å². The van der Waals surface area contributed by atoms with Gasteiger partial charge in [-0.2, -0.15) is 0 Å². The van der Waals surface area contributed by atoms with Gasteiger partial charge in [-0.1, -0.05) is 30.3 Å². The van der Waals surface area contributed by atoms with Crippen LogP contribution in [0, 0.1) is 11.7 Å². The molecule has 31 heavy (non-hydrogen) atoms. The molecule has 2 aromatic carbocycles. The van der Waals surface area contributed by atoms with Crippen molar-refractivity contribution in [2.24, 2.45) is 5.92 Å². The van der Waals surface area contributed by atoms with Crippen molar-refractivity contribution in [3.8, 4) is 5.75 Å². The van der Waals surface area contributed by atoms with Gasteiger partial charge in [0.05, 0.1) is 18.2 Å². The lowest BCUT2D eigenvalue weighted by Crippen LogP contribution is -2.43. The number of carbonyl (C=O) groups is 2. The first-order valence-corrected chi connectivity index (χ1v) is 10.8. The summed E-state index contributed by atoms with van der Waals surface area (Å²) in [6, 6.07) is 14.1. The van der Waals surface area contributed by atoms with E-state index in [0.717, 1.165) is 32.0 Å². The minimum atomic E-state index is -0.669. The predicted molar refractivity (Wildman–Crippen MR) is 116 cm³/mol. The molecular weight excluding hydrogens is 397 g/mol. The van der Waals surface area contributed by atoms with Crippen LogP contribution < -0.4 is 5.32 Å². The number of rotatable bonds is 5. The summed E-state index contributed by atoms with van der Waals surface area (Å²) in [6.45, 7) is 2.99. The largest absolute Gasteiger partial charge is 0.508 e. The van der Waals surface area contributed by atoms with E-state index in [9.17, 15) is 19.1 Å². The smallest absolute Gasteiger partial charge is 0.236 e. The van der Waals surface area contributed by atoms with Crippen molar-refractivity contribution >= 4 is 17.5 Å². The maximum atomic E-state index is 13.9. The molecule has 0 aliphatic carbocycles. The molecule has 0 radical (unpaired) electrons. The summed E-state index contributed by atoms with van der Waals surface area (Å²) >= 11 is 0. The Bertz CT molecular complexity index is 929. The molecule has 1 atom stereocenters. The highest BCUT2D eigenvalue weighted by molar-refractivity contribution is 5.93. The number of hydrogen-bond donors (Lipinski definition) is 2. The Morgan fingerprint density at radius 2 is 1.77 bits per heavy atom. The van der Waals surface area contributed by atoms with Gasteiger partial charge in [0.2, 0.25) is 11.8 Å². The number of nitrogens with one attached hydrogen (secondary N) is 1. The van der Waals surface area contributed by atoms with Gasteiger partial charge in [-0.25, -0.2) is 4.39 Å². The van der Waals surface area contributed by atoms with Gasteiger partial charge >= 0.3 is 0 Å². The fourth-order valence-electron chi connectivity index (χ4n) is 4.51. The van der Waals surface area contributed by atoms with Crippen molar-refractivity contribution in [3.63, 3.8) is 0 Å². The minimum Gasteiger partial charge on any atom is -0.508 e. The number of aromatic hydroxyl groups is 1. The average Bonchev–Trinajstić information content (AvgIpc) is 3.25.